The van der Waals surface area contributed by atoms with E-state index >= 15 is 0 Å². The number of aliphatic imine (C=N–C) groups is 4. The minimum Gasteiger partial charge on any atom is -0.427 e. The Hall–Kier alpha value is -6.70. The number of aryl methyl sites for hydroxylation is 1. The number of rotatable bonds is 38. The van der Waals surface area contributed by atoms with Crippen LogP contribution in [0, 0.1) is 23.7 Å². The number of ether oxygens (including phenoxy) is 9. The molecular weight excluding hydrogens is 1450 g/mol. The highest BCUT2D eigenvalue weighted by molar-refractivity contribution is 8.76. The average Bonchev–Trinajstić information content (AvgIpc) is 1.76. The smallest absolute Gasteiger partial charge is 0.427 e. The topological polar surface area (TPSA) is 738 Å². The Labute approximate surface area is 600 Å². The van der Waals surface area contributed by atoms with Gasteiger partial charge in [0.1, 0.15) is 79.0 Å². The van der Waals surface area contributed by atoms with E-state index in [9.17, 15) is 54.5 Å². The van der Waals surface area contributed by atoms with Crippen molar-refractivity contribution < 1.29 is 96.6 Å². The first-order valence-corrected chi connectivity index (χ1v) is 37.3. The molecule has 103 heavy (non-hydrogen) atoms. The van der Waals surface area contributed by atoms with Crippen molar-refractivity contribution in [2.45, 2.75) is 187 Å². The fourth-order valence-corrected chi connectivity index (χ4v) is 15.2. The van der Waals surface area contributed by atoms with Crippen molar-refractivity contribution in [3.63, 3.8) is 0 Å². The zero-order valence-electron chi connectivity index (χ0n) is 55.7. The van der Waals surface area contributed by atoms with Crippen molar-refractivity contribution in [3.8, 4) is 5.75 Å². The van der Waals surface area contributed by atoms with E-state index < -0.39 is 191 Å². The zero-order valence-corrected chi connectivity index (χ0v) is 59.0. The molecule has 1 aromatic heterocycles. The molecule has 9 unspecified atom stereocenters. The number of benzene rings is 1. The molecule has 4 saturated heterocycles. The summed E-state index contributed by atoms with van der Waals surface area (Å²) >= 11 is 1.31. The van der Waals surface area contributed by atoms with Crippen molar-refractivity contribution in [2.24, 2.45) is 88.3 Å². The number of hydrogen-bond acceptors (Lipinski definition) is 31. The van der Waals surface area contributed by atoms with Crippen LogP contribution in [0.4, 0.5) is 0 Å². The maximum atomic E-state index is 12.8. The van der Waals surface area contributed by atoms with Gasteiger partial charge in [0, 0.05) is 65.4 Å². The van der Waals surface area contributed by atoms with Gasteiger partial charge in [-0.1, -0.05) is 38.8 Å². The van der Waals surface area contributed by atoms with Crippen molar-refractivity contribution in [3.05, 3.63) is 72.9 Å². The number of azide groups is 1. The normalized spacial score (nSPS) is 31.9. The van der Waals surface area contributed by atoms with Crippen molar-refractivity contribution >= 4 is 82.7 Å². The summed E-state index contributed by atoms with van der Waals surface area (Å²) in [6.07, 6.45) is -24.2. The van der Waals surface area contributed by atoms with Gasteiger partial charge in [0.05, 0.1) is 81.1 Å². The number of nitrogens with one attached hydrogen (secondary N) is 3. The van der Waals surface area contributed by atoms with E-state index in [2.05, 4.69) is 35.0 Å². The SMILES string of the molecule is Cc1cn([C@H]2CC(N=[N+]=[N-])[C@@H](COP(=O)(O)OCc3ccc(OC(=O)CCCSSCCOCCSC[C@H]4O[C@@H](O[C@@H]5C(O)[C@H](CC(=N)N)CC(N=C(N)N)[C@H]5O[C@H]5OC(CN=C(N)N)[C@@H](O)[C@H](O)C5N=C(N)N)[C@@H](O)C4OC4O[C@@H](CCC(=N)N)C(O)[C@@H](O)[C@H]4N=C(N)N)cc3)O2)c(=O)[nH]c1=O. The minimum atomic E-state index is -4.70. The van der Waals surface area contributed by atoms with Crippen LogP contribution in [-0.4, -0.2) is 258 Å². The molecule has 2 aromatic rings. The predicted molar refractivity (Wildman–Crippen MR) is 374 cm³/mol. The van der Waals surface area contributed by atoms with Crippen LogP contribution >= 0.6 is 41.2 Å². The summed E-state index contributed by atoms with van der Waals surface area (Å²) in [4.78, 5) is 68.8. The Bertz CT molecular complexity index is 3480. The summed E-state index contributed by atoms with van der Waals surface area (Å²) in [5.41, 5.74) is 66.0. The second-order valence-corrected chi connectivity index (χ2v) is 29.7. The third kappa shape index (κ3) is 24.7. The largest absolute Gasteiger partial charge is 0.472 e. The number of aromatic amines is 1. The number of nitrogens with zero attached hydrogens (tertiary/aromatic N) is 8. The lowest BCUT2D eigenvalue weighted by atomic mass is 9.77. The number of aliphatic hydroxyl groups is 6. The summed E-state index contributed by atoms with van der Waals surface area (Å²) in [7, 11) is -1.66. The average molecular weight is 1540 g/mol. The highest BCUT2D eigenvalue weighted by Crippen LogP contribution is 2.46. The van der Waals surface area contributed by atoms with E-state index in [1.807, 2.05) is 0 Å². The highest BCUT2D eigenvalue weighted by atomic mass is 33.1. The van der Waals surface area contributed by atoms with Crippen LogP contribution in [0.5, 0.6) is 5.75 Å². The van der Waals surface area contributed by atoms with E-state index in [1.165, 1.54) is 70.7 Å². The van der Waals surface area contributed by atoms with Gasteiger partial charge in [0.2, 0.25) is 0 Å². The monoisotopic (exact) mass is 1540 g/mol. The van der Waals surface area contributed by atoms with Gasteiger partial charge in [0.25, 0.3) is 5.56 Å². The summed E-state index contributed by atoms with van der Waals surface area (Å²) in [5, 5.41) is 89.3. The van der Waals surface area contributed by atoms with Crippen LogP contribution in [-0.2, 0) is 62.9 Å². The molecule has 43 nitrogen and oxygen atoms in total. The standard InChI is InChI=1S/C56H92N21O22PS3/c1-23-19-77(56(86)74-48(23)85)35-17-27(75-76-69)31(93-35)21-91-100(87,88)90-20-24-4-6-26(7-5-24)92-36(78)3-2-12-102-103-14-11-89-10-13-101-22-32-46(98-49-37(72-54(65)66)42(82)40(80)29(94-49)8-9-33(57)58)44(84)51(96-32)99-47-39(79)25(16-34(59)60)15-28(71-53(63)64)45(47)97-50-38(73-55(67)68)43(83)41(81)30(95-50)18-70-52(61)62/h4-7,19,25,27-32,35,37-47,49-51,79-84H,2-3,8-18,20-22H2,1H3,(H3,57,58)(H3,59,60)(H,87,88)(H4,61,62,70)(H4,63,64,71)(H4,65,66,72)(H4,67,68,73)(H,74,85,86)/t25-,27?,28?,29-,30?,31+,32+,35+,37+,38?,39?,40?,41+,42-,43+,44-,45+,46?,47+,49?,50+,51-/m0/s1. The molecule has 1 aromatic carbocycles. The number of aliphatic hydroxyl groups excluding tert-OH is 6. The lowest BCUT2D eigenvalue weighted by Gasteiger charge is -2.47. The molecule has 23 atom stereocenters. The minimum absolute atomic E-state index is 0.0108. The van der Waals surface area contributed by atoms with Gasteiger partial charge in [-0.3, -0.25) is 44.0 Å². The third-order valence-corrected chi connectivity index (χ3v) is 21.0. The van der Waals surface area contributed by atoms with Gasteiger partial charge < -0.3 is 136 Å². The number of phosphoric ester groups is 1. The molecule has 4 aliphatic heterocycles. The predicted octanol–water partition coefficient (Wildman–Crippen LogP) is -5.28. The summed E-state index contributed by atoms with van der Waals surface area (Å²) in [5.74, 6) is -2.13. The molecule has 1 saturated carbocycles. The van der Waals surface area contributed by atoms with Crippen LogP contribution in [0.1, 0.15) is 62.3 Å². The second kappa shape index (κ2) is 39.6. The van der Waals surface area contributed by atoms with E-state index in [0.717, 1.165) is 4.57 Å². The maximum Gasteiger partial charge on any atom is 0.472 e. The second-order valence-electron chi connectivity index (χ2n) is 24.3. The molecule has 0 amide bonds. The van der Waals surface area contributed by atoms with Crippen LogP contribution in [0.25, 0.3) is 10.4 Å². The Morgan fingerprint density at radius 2 is 1.31 bits per heavy atom. The molecule has 5 fully saturated rings. The Kier molecular flexibility index (Phi) is 32.1. The number of aromatic nitrogens is 2. The van der Waals surface area contributed by atoms with Crippen LogP contribution in [0.3, 0.4) is 0 Å². The molecule has 30 N–H and O–H groups in total. The van der Waals surface area contributed by atoms with Crippen LogP contribution < -0.4 is 73.3 Å². The van der Waals surface area contributed by atoms with Gasteiger partial charge in [-0.15, -0.1) is 0 Å². The lowest BCUT2D eigenvalue weighted by Crippen LogP contribution is -2.63. The van der Waals surface area contributed by atoms with Gasteiger partial charge in [-0.25, -0.2) is 24.3 Å². The number of nitrogens with two attached hydrogens (primary N) is 10. The fraction of sp³-hybridized carbons (Fsp3) is 0.696. The molecule has 7 rings (SSSR count). The number of guanidine groups is 4. The molecular formula is C56H92N21O22PS3. The van der Waals surface area contributed by atoms with Gasteiger partial charge in [0.15, 0.2) is 42.7 Å². The number of hydrogen-bond donors (Lipinski definition) is 20. The molecule has 5 heterocycles. The van der Waals surface area contributed by atoms with E-state index in [-0.39, 0.29) is 86.4 Å². The van der Waals surface area contributed by atoms with Crippen molar-refractivity contribution in [1.82, 2.24) is 9.55 Å². The molecule has 0 bridgehead atoms. The molecule has 5 aliphatic rings. The number of carbonyl (C=O) groups is 1. The molecule has 0 radical (unpaired) electrons. The number of amidine groups is 2. The Balaban J connectivity index is 0.918. The highest BCUT2D eigenvalue weighted by Gasteiger charge is 2.56. The number of carbonyl (C=O) groups excluding carboxylic acids is 1. The third-order valence-electron chi connectivity index (χ3n) is 16.6. The number of thioether (sulfide) groups is 1. The number of esters is 1. The van der Waals surface area contributed by atoms with E-state index in [0.29, 0.717) is 35.8 Å². The van der Waals surface area contributed by atoms with Crippen LogP contribution in [0.15, 0.2) is 65.1 Å². The van der Waals surface area contributed by atoms with Crippen LogP contribution in [0.2, 0.25) is 0 Å². The summed E-state index contributed by atoms with van der Waals surface area (Å²) < 4.78 is 79.6. The Morgan fingerprint density at radius 3 is 1.94 bits per heavy atom. The van der Waals surface area contributed by atoms with Crippen molar-refractivity contribution in [1.29, 1.82) is 10.8 Å². The quantitative estimate of drug-likeness (QED) is 0.00285. The zero-order chi connectivity index (χ0) is 75.4. The molecule has 0 spiro atoms. The van der Waals surface area contributed by atoms with E-state index in [1.54, 1.807) is 0 Å². The molecule has 1 aliphatic carbocycles. The number of phosphoric acid groups is 1. The summed E-state index contributed by atoms with van der Waals surface area (Å²) in [6.45, 7) is 0.745. The van der Waals surface area contributed by atoms with Gasteiger partial charge in [-0.05, 0) is 55.3 Å². The lowest BCUT2D eigenvalue weighted by molar-refractivity contribution is -0.308. The molecule has 576 valence electrons. The van der Waals surface area contributed by atoms with Gasteiger partial charge in [-0.2, -0.15) is 11.8 Å². The van der Waals surface area contributed by atoms with Gasteiger partial charge >= 0.3 is 19.5 Å². The first kappa shape index (κ1) is 83.6. The number of H-pyrrole nitrogens is 1. The maximum absolute atomic E-state index is 12.8. The summed E-state index contributed by atoms with van der Waals surface area (Å²) in [6, 6.07) is 0.865. The molecule has 47 heteroatoms. The van der Waals surface area contributed by atoms with Crippen molar-refractivity contribution in [2.75, 3.05) is 49.4 Å². The first-order valence-electron chi connectivity index (χ1n) is 32.1. The first-order chi connectivity index (χ1) is 48.8. The Morgan fingerprint density at radius 1 is 0.699 bits per heavy atom. The van der Waals surface area contributed by atoms with E-state index in [4.69, 9.17) is 125 Å². The fourth-order valence-electron chi connectivity index (χ4n) is 11.7.